The molecular weight excluding hydrogens is 367 g/mol. The van der Waals surface area contributed by atoms with Crippen LogP contribution in [0.4, 0.5) is 0 Å². The van der Waals surface area contributed by atoms with Gasteiger partial charge < -0.3 is 10.6 Å². The molecular formula is C17H24Cl2N2O2S. The molecule has 1 atom stereocenters. The van der Waals surface area contributed by atoms with Gasteiger partial charge in [-0.25, -0.2) is 0 Å². The molecule has 0 radical (unpaired) electrons. The van der Waals surface area contributed by atoms with Gasteiger partial charge in [0.25, 0.3) is 0 Å². The molecule has 1 saturated heterocycles. The van der Waals surface area contributed by atoms with Crippen LogP contribution in [0, 0.1) is 5.41 Å². The number of benzene rings is 1. The number of ketones is 1. The van der Waals surface area contributed by atoms with Crippen LogP contribution >= 0.6 is 35.8 Å². The molecule has 2 N–H and O–H groups in total. The maximum absolute atomic E-state index is 12.3. The third kappa shape index (κ3) is 5.66. The lowest BCUT2D eigenvalue weighted by Crippen LogP contribution is -2.54. The second-order valence-corrected chi connectivity index (χ2v) is 8.04. The van der Waals surface area contributed by atoms with Crippen molar-refractivity contribution in [2.24, 2.45) is 11.1 Å². The maximum Gasteiger partial charge on any atom is 0.232 e. The number of rotatable bonds is 5. The molecule has 1 aromatic carbocycles. The van der Waals surface area contributed by atoms with Crippen LogP contribution < -0.4 is 5.73 Å². The van der Waals surface area contributed by atoms with Gasteiger partial charge in [0.1, 0.15) is 0 Å². The minimum Gasteiger partial charge on any atom is -0.341 e. The first-order chi connectivity index (χ1) is 10.8. The molecule has 4 nitrogen and oxygen atoms in total. The second kappa shape index (κ2) is 9.09. The molecule has 1 aliphatic rings. The SMILES string of the molecule is CC1(C)CN(C(=O)CSCC(=O)c2ccc(Cl)cc2)CCC1N.Cl. The lowest BCUT2D eigenvalue weighted by molar-refractivity contribution is -0.131. The molecule has 0 saturated carbocycles. The first-order valence-electron chi connectivity index (χ1n) is 7.69. The van der Waals surface area contributed by atoms with E-state index in [0.717, 1.165) is 6.42 Å². The van der Waals surface area contributed by atoms with Crippen LogP contribution in [0.3, 0.4) is 0 Å². The average molecular weight is 391 g/mol. The normalized spacial score (nSPS) is 19.5. The standard InChI is InChI=1S/C17H23ClN2O2S.ClH/c1-17(2)11-20(8-7-15(17)19)16(22)10-23-9-14(21)12-3-5-13(18)6-4-12;/h3-6,15H,7-11,19H2,1-2H3;1H. The van der Waals surface area contributed by atoms with Crippen molar-refractivity contribution in [3.8, 4) is 0 Å². The van der Waals surface area contributed by atoms with Crippen molar-refractivity contribution < 1.29 is 9.59 Å². The Morgan fingerprint density at radius 2 is 1.92 bits per heavy atom. The van der Waals surface area contributed by atoms with Crippen molar-refractivity contribution >= 4 is 47.5 Å². The Labute approximate surface area is 158 Å². The third-order valence-electron chi connectivity index (χ3n) is 4.29. The molecule has 1 unspecified atom stereocenters. The van der Waals surface area contributed by atoms with Gasteiger partial charge in [0, 0.05) is 29.7 Å². The molecule has 1 heterocycles. The van der Waals surface area contributed by atoms with Crippen LogP contribution in [0.25, 0.3) is 0 Å². The highest BCUT2D eigenvalue weighted by Crippen LogP contribution is 2.28. The molecule has 134 valence electrons. The lowest BCUT2D eigenvalue weighted by atomic mass is 9.80. The summed E-state index contributed by atoms with van der Waals surface area (Å²) >= 11 is 7.16. The van der Waals surface area contributed by atoms with Crippen molar-refractivity contribution in [3.63, 3.8) is 0 Å². The number of piperidine rings is 1. The monoisotopic (exact) mass is 390 g/mol. The smallest absolute Gasteiger partial charge is 0.232 e. The van der Waals surface area contributed by atoms with Crippen molar-refractivity contribution in [2.75, 3.05) is 24.6 Å². The van der Waals surface area contributed by atoms with Gasteiger partial charge in [-0.2, -0.15) is 0 Å². The minimum atomic E-state index is -0.0578. The summed E-state index contributed by atoms with van der Waals surface area (Å²) in [5.41, 5.74) is 6.66. The molecule has 1 aliphatic heterocycles. The summed E-state index contributed by atoms with van der Waals surface area (Å²) in [5.74, 6) is 0.716. The number of carbonyl (C=O) groups excluding carboxylic acids is 2. The van der Waals surface area contributed by atoms with Gasteiger partial charge in [0.05, 0.1) is 11.5 Å². The molecule has 0 bridgehead atoms. The van der Waals surface area contributed by atoms with Crippen molar-refractivity contribution in [1.29, 1.82) is 0 Å². The number of Topliss-reactive ketones (excluding diaryl/α,β-unsaturated/α-hetero) is 1. The van der Waals surface area contributed by atoms with Gasteiger partial charge in [-0.15, -0.1) is 24.2 Å². The van der Waals surface area contributed by atoms with Crippen molar-refractivity contribution in [3.05, 3.63) is 34.9 Å². The summed E-state index contributed by atoms with van der Waals surface area (Å²) in [5, 5.41) is 0.607. The molecule has 1 aromatic rings. The summed E-state index contributed by atoms with van der Waals surface area (Å²) in [7, 11) is 0. The Balaban J connectivity index is 0.00000288. The molecule has 24 heavy (non-hydrogen) atoms. The minimum absolute atomic E-state index is 0. The van der Waals surface area contributed by atoms with Crippen LogP contribution in [-0.2, 0) is 4.79 Å². The Hall–Kier alpha value is -0.750. The Kier molecular flexibility index (Phi) is 8.06. The highest BCUT2D eigenvalue weighted by molar-refractivity contribution is 8.00. The Bertz CT molecular complexity index is 578. The first-order valence-corrected chi connectivity index (χ1v) is 9.23. The lowest BCUT2D eigenvalue weighted by Gasteiger charge is -2.42. The van der Waals surface area contributed by atoms with E-state index in [4.69, 9.17) is 17.3 Å². The molecule has 7 heteroatoms. The Morgan fingerprint density at radius 1 is 1.29 bits per heavy atom. The van der Waals surface area contributed by atoms with E-state index in [0.29, 0.717) is 35.2 Å². The highest BCUT2D eigenvalue weighted by Gasteiger charge is 2.35. The number of likely N-dealkylation sites (tertiary alicyclic amines) is 1. The number of carbonyl (C=O) groups is 2. The number of thioether (sulfide) groups is 1. The second-order valence-electron chi connectivity index (χ2n) is 6.62. The topological polar surface area (TPSA) is 63.4 Å². The fourth-order valence-corrected chi connectivity index (χ4v) is 3.57. The largest absolute Gasteiger partial charge is 0.341 e. The van der Waals surface area contributed by atoms with E-state index < -0.39 is 0 Å². The third-order valence-corrected chi connectivity index (χ3v) is 5.46. The fraction of sp³-hybridized carbons (Fsp3) is 0.529. The van der Waals surface area contributed by atoms with Crippen LogP contribution in [0.1, 0.15) is 30.6 Å². The zero-order valence-electron chi connectivity index (χ0n) is 14.0. The van der Waals surface area contributed by atoms with Crippen molar-refractivity contribution in [1.82, 2.24) is 4.90 Å². The van der Waals surface area contributed by atoms with Crippen LogP contribution in [-0.4, -0.2) is 47.2 Å². The summed E-state index contributed by atoms with van der Waals surface area (Å²) in [4.78, 5) is 26.2. The van der Waals surface area contributed by atoms with E-state index in [-0.39, 0.29) is 35.6 Å². The predicted octanol–water partition coefficient (Wildman–Crippen LogP) is 3.26. The van der Waals surface area contributed by atoms with Gasteiger partial charge in [0.2, 0.25) is 5.91 Å². The zero-order valence-corrected chi connectivity index (χ0v) is 16.3. The van der Waals surface area contributed by atoms with Crippen molar-refractivity contribution in [2.45, 2.75) is 26.3 Å². The predicted molar refractivity (Wildman–Crippen MR) is 103 cm³/mol. The summed E-state index contributed by atoms with van der Waals surface area (Å²) < 4.78 is 0. The number of nitrogens with zero attached hydrogens (tertiary/aromatic N) is 1. The average Bonchev–Trinajstić information content (AvgIpc) is 2.50. The van der Waals surface area contributed by atoms with Crippen LogP contribution in [0.2, 0.25) is 5.02 Å². The summed E-state index contributed by atoms with van der Waals surface area (Å²) in [6.45, 7) is 5.57. The van der Waals surface area contributed by atoms with Gasteiger partial charge in [-0.05, 0) is 36.1 Å². The molecule has 1 fully saturated rings. The number of amides is 1. The number of nitrogens with two attached hydrogens (primary N) is 1. The molecule has 0 spiro atoms. The number of hydrogen-bond acceptors (Lipinski definition) is 4. The summed E-state index contributed by atoms with van der Waals surface area (Å²) in [6.07, 6.45) is 0.826. The van der Waals surface area contributed by atoms with Gasteiger partial charge >= 0.3 is 0 Å². The first kappa shape index (κ1) is 21.3. The van der Waals surface area contributed by atoms with E-state index in [9.17, 15) is 9.59 Å². The number of halogens is 2. The molecule has 0 aliphatic carbocycles. The van der Waals surface area contributed by atoms with Gasteiger partial charge in [-0.3, -0.25) is 9.59 Å². The molecule has 0 aromatic heterocycles. The van der Waals surface area contributed by atoms with E-state index in [1.165, 1.54) is 11.8 Å². The highest BCUT2D eigenvalue weighted by atomic mass is 35.5. The zero-order chi connectivity index (χ0) is 17.0. The molecule has 1 amide bonds. The maximum atomic E-state index is 12.3. The van der Waals surface area contributed by atoms with E-state index in [2.05, 4.69) is 13.8 Å². The van der Waals surface area contributed by atoms with Crippen LogP contribution in [0.5, 0.6) is 0 Å². The molecule has 2 rings (SSSR count). The quantitative estimate of drug-likeness (QED) is 0.783. The van der Waals surface area contributed by atoms with E-state index in [1.807, 2.05) is 4.90 Å². The van der Waals surface area contributed by atoms with E-state index in [1.54, 1.807) is 24.3 Å². The Morgan fingerprint density at radius 3 is 2.50 bits per heavy atom. The van der Waals surface area contributed by atoms with Gasteiger partial charge in [-0.1, -0.05) is 25.4 Å². The van der Waals surface area contributed by atoms with Gasteiger partial charge in [0.15, 0.2) is 5.78 Å². The number of hydrogen-bond donors (Lipinski definition) is 1. The van der Waals surface area contributed by atoms with E-state index >= 15 is 0 Å². The van der Waals surface area contributed by atoms with Crippen LogP contribution in [0.15, 0.2) is 24.3 Å². The fourth-order valence-electron chi connectivity index (χ4n) is 2.63. The summed E-state index contributed by atoms with van der Waals surface area (Å²) in [6, 6.07) is 6.95.